The van der Waals surface area contributed by atoms with Crippen molar-refractivity contribution in [2.75, 3.05) is 61.5 Å². The molecule has 182 valence electrons. The van der Waals surface area contributed by atoms with Gasteiger partial charge in [0.2, 0.25) is 5.95 Å². The number of fused-ring (bicyclic) bond motifs is 1. The third-order valence-electron chi connectivity index (χ3n) is 6.79. The molecule has 2 aliphatic heterocycles. The van der Waals surface area contributed by atoms with Crippen molar-refractivity contribution in [3.05, 3.63) is 75.9 Å². The molecule has 3 aromatic rings. The number of aromatic nitrogens is 2. The lowest BCUT2D eigenvalue weighted by molar-refractivity contribution is 0.0733. The fraction of sp³-hybridized carbons (Fsp3) is 0.370. The number of amides is 1. The second-order valence-corrected chi connectivity index (χ2v) is 9.90. The van der Waals surface area contributed by atoms with Gasteiger partial charge in [-0.1, -0.05) is 29.3 Å². The van der Waals surface area contributed by atoms with E-state index >= 15 is 0 Å². The topological polar surface area (TPSA) is 55.8 Å². The Balaban J connectivity index is 1.33. The molecular weight excluding hydrogens is 460 g/mol. The summed E-state index contributed by atoms with van der Waals surface area (Å²) in [4.78, 5) is 31.6. The van der Waals surface area contributed by atoms with Crippen molar-refractivity contribution in [1.29, 1.82) is 0 Å². The van der Waals surface area contributed by atoms with E-state index < -0.39 is 0 Å². The van der Waals surface area contributed by atoms with Crippen molar-refractivity contribution in [1.82, 2.24) is 14.9 Å². The normalized spacial score (nSPS) is 15.7. The van der Waals surface area contributed by atoms with Crippen LogP contribution in [0.4, 0.5) is 17.5 Å². The van der Waals surface area contributed by atoms with Gasteiger partial charge >= 0.3 is 0 Å². The number of carbonyl (C=O) groups excluding carboxylic acids is 1. The molecule has 0 bridgehead atoms. The highest BCUT2D eigenvalue weighted by atomic mass is 35.5. The van der Waals surface area contributed by atoms with Gasteiger partial charge in [0.15, 0.2) is 0 Å². The maximum absolute atomic E-state index is 13.1. The van der Waals surface area contributed by atoms with Gasteiger partial charge < -0.3 is 19.6 Å². The highest BCUT2D eigenvalue weighted by molar-refractivity contribution is 6.30. The van der Waals surface area contributed by atoms with E-state index in [9.17, 15) is 4.79 Å². The van der Waals surface area contributed by atoms with Crippen LogP contribution in [0.5, 0.6) is 0 Å². The van der Waals surface area contributed by atoms with Crippen molar-refractivity contribution in [2.45, 2.75) is 19.9 Å². The lowest BCUT2D eigenvalue weighted by Crippen LogP contribution is -2.47. The number of anilines is 3. The molecule has 3 heterocycles. The maximum Gasteiger partial charge on any atom is 0.254 e. The molecule has 1 saturated heterocycles. The molecule has 0 spiro atoms. The summed E-state index contributed by atoms with van der Waals surface area (Å²) >= 11 is 5.99. The van der Waals surface area contributed by atoms with E-state index in [-0.39, 0.29) is 5.91 Å². The summed E-state index contributed by atoms with van der Waals surface area (Å²) in [6.45, 7) is 6.88. The second-order valence-electron chi connectivity index (χ2n) is 9.46. The Hall–Kier alpha value is -3.32. The number of rotatable bonds is 4. The molecule has 1 amide bonds. The standard InChI is InChI=1S/C27H31ClN6O/c1-19-4-10-22(11-5-19)32-14-16-33(17-15-32)27-29-24-12-13-34(18-23(24)25(30-27)31(2)3)26(35)20-6-8-21(28)9-7-20/h4-11H,12-18H2,1-3H3. The molecule has 7 nitrogen and oxygen atoms in total. The number of halogens is 1. The minimum absolute atomic E-state index is 0.00771. The summed E-state index contributed by atoms with van der Waals surface area (Å²) in [5.41, 5.74) is 5.26. The van der Waals surface area contributed by atoms with Crippen LogP contribution in [-0.4, -0.2) is 67.6 Å². The molecule has 5 rings (SSSR count). The quantitative estimate of drug-likeness (QED) is 0.550. The van der Waals surface area contributed by atoms with E-state index in [0.717, 1.165) is 49.2 Å². The van der Waals surface area contributed by atoms with Crippen molar-refractivity contribution >= 4 is 35.0 Å². The number of nitrogens with zero attached hydrogens (tertiary/aromatic N) is 6. The van der Waals surface area contributed by atoms with E-state index in [0.29, 0.717) is 30.1 Å². The van der Waals surface area contributed by atoms with Crippen LogP contribution in [-0.2, 0) is 13.0 Å². The summed E-state index contributed by atoms with van der Waals surface area (Å²) in [6.07, 6.45) is 0.717. The average molecular weight is 491 g/mol. The Morgan fingerprint density at radius 3 is 2.20 bits per heavy atom. The van der Waals surface area contributed by atoms with Gasteiger partial charge in [-0.15, -0.1) is 0 Å². The SMILES string of the molecule is Cc1ccc(N2CCN(c3nc4c(c(N(C)C)n3)CN(C(=O)c3ccc(Cl)cc3)CC4)CC2)cc1. The molecule has 35 heavy (non-hydrogen) atoms. The van der Waals surface area contributed by atoms with Gasteiger partial charge in [-0.3, -0.25) is 4.79 Å². The molecule has 2 aromatic carbocycles. The van der Waals surface area contributed by atoms with Gasteiger partial charge in [0.25, 0.3) is 5.91 Å². The van der Waals surface area contributed by atoms with Crippen LogP contribution in [0.15, 0.2) is 48.5 Å². The summed E-state index contributed by atoms with van der Waals surface area (Å²) in [5, 5.41) is 0.626. The van der Waals surface area contributed by atoms with E-state index in [4.69, 9.17) is 21.6 Å². The smallest absolute Gasteiger partial charge is 0.254 e. The zero-order valence-electron chi connectivity index (χ0n) is 20.5. The zero-order chi connectivity index (χ0) is 24.5. The van der Waals surface area contributed by atoms with Gasteiger partial charge in [-0.25, -0.2) is 4.98 Å². The number of aryl methyl sites for hydroxylation is 1. The highest BCUT2D eigenvalue weighted by Crippen LogP contribution is 2.29. The molecule has 2 aliphatic rings. The van der Waals surface area contributed by atoms with Crippen LogP contribution < -0.4 is 14.7 Å². The van der Waals surface area contributed by atoms with Crippen LogP contribution in [0.2, 0.25) is 5.02 Å². The van der Waals surface area contributed by atoms with Crippen molar-refractivity contribution < 1.29 is 4.79 Å². The predicted octanol–water partition coefficient (Wildman–Crippen LogP) is 4.03. The molecule has 0 unspecified atom stereocenters. The van der Waals surface area contributed by atoms with Crippen LogP contribution in [0.25, 0.3) is 0 Å². The molecular formula is C27H31ClN6O. The first kappa shape index (κ1) is 23.4. The largest absolute Gasteiger partial charge is 0.368 e. The monoisotopic (exact) mass is 490 g/mol. The number of piperazine rings is 1. The Morgan fingerprint density at radius 2 is 1.54 bits per heavy atom. The molecule has 8 heteroatoms. The molecule has 0 radical (unpaired) electrons. The number of carbonyl (C=O) groups is 1. The minimum Gasteiger partial charge on any atom is -0.368 e. The van der Waals surface area contributed by atoms with Crippen LogP contribution in [0, 0.1) is 6.92 Å². The van der Waals surface area contributed by atoms with Crippen LogP contribution in [0.1, 0.15) is 27.2 Å². The first-order chi connectivity index (χ1) is 16.9. The minimum atomic E-state index is 0.00771. The van der Waals surface area contributed by atoms with Gasteiger partial charge in [0.05, 0.1) is 12.2 Å². The van der Waals surface area contributed by atoms with Crippen molar-refractivity contribution in [3.8, 4) is 0 Å². The summed E-state index contributed by atoms with van der Waals surface area (Å²) in [6, 6.07) is 15.8. The molecule has 0 aliphatic carbocycles. The lowest BCUT2D eigenvalue weighted by Gasteiger charge is -2.37. The third-order valence-corrected chi connectivity index (χ3v) is 7.04. The van der Waals surface area contributed by atoms with Crippen LogP contribution in [0.3, 0.4) is 0 Å². The third kappa shape index (κ3) is 4.91. The maximum atomic E-state index is 13.1. The van der Waals surface area contributed by atoms with Gasteiger partial charge in [-0.05, 0) is 43.3 Å². The van der Waals surface area contributed by atoms with E-state index in [1.807, 2.05) is 23.9 Å². The lowest BCUT2D eigenvalue weighted by atomic mass is 10.0. The predicted molar refractivity (Wildman–Crippen MR) is 142 cm³/mol. The Morgan fingerprint density at radius 1 is 0.886 bits per heavy atom. The Bertz CT molecular complexity index is 1200. The average Bonchev–Trinajstić information content (AvgIpc) is 2.88. The molecule has 0 N–H and O–H groups in total. The second kappa shape index (κ2) is 9.74. The van der Waals surface area contributed by atoms with E-state index in [2.05, 4.69) is 41.0 Å². The number of hydrogen-bond donors (Lipinski definition) is 0. The van der Waals surface area contributed by atoms with Gasteiger partial charge in [-0.2, -0.15) is 4.98 Å². The van der Waals surface area contributed by atoms with Gasteiger partial charge in [0.1, 0.15) is 5.82 Å². The molecule has 1 aromatic heterocycles. The summed E-state index contributed by atoms with van der Waals surface area (Å²) in [5.74, 6) is 1.68. The summed E-state index contributed by atoms with van der Waals surface area (Å²) in [7, 11) is 4.00. The Kier molecular flexibility index (Phi) is 6.52. The van der Waals surface area contributed by atoms with E-state index in [1.54, 1.807) is 24.3 Å². The molecule has 0 saturated carbocycles. The van der Waals surface area contributed by atoms with Crippen molar-refractivity contribution in [2.24, 2.45) is 0 Å². The first-order valence-corrected chi connectivity index (χ1v) is 12.5. The van der Waals surface area contributed by atoms with Gasteiger partial charge in [0, 0.05) is 75.1 Å². The van der Waals surface area contributed by atoms with E-state index in [1.165, 1.54) is 11.3 Å². The molecule has 1 fully saturated rings. The van der Waals surface area contributed by atoms with Crippen LogP contribution >= 0.6 is 11.6 Å². The summed E-state index contributed by atoms with van der Waals surface area (Å²) < 4.78 is 0. The first-order valence-electron chi connectivity index (χ1n) is 12.1. The fourth-order valence-corrected chi connectivity index (χ4v) is 4.89. The zero-order valence-corrected chi connectivity index (χ0v) is 21.3. The number of benzene rings is 2. The van der Waals surface area contributed by atoms with Crippen molar-refractivity contribution in [3.63, 3.8) is 0 Å². The molecule has 0 atom stereocenters. The highest BCUT2D eigenvalue weighted by Gasteiger charge is 2.29. The number of hydrogen-bond acceptors (Lipinski definition) is 6. The fourth-order valence-electron chi connectivity index (χ4n) is 4.76. The Labute approximate surface area is 211 Å².